The molecule has 7 nitrogen and oxygen atoms in total. The molecule has 28 heavy (non-hydrogen) atoms. The maximum Gasteiger partial charge on any atom is 0.269 e. The van der Waals surface area contributed by atoms with Gasteiger partial charge in [-0.15, -0.1) is 0 Å². The number of carbonyl (C=O) groups excluding carboxylic acids is 2. The van der Waals surface area contributed by atoms with Gasteiger partial charge in [0.1, 0.15) is 5.69 Å². The number of anilines is 1. The topological polar surface area (TPSA) is 99.8 Å². The molecule has 3 rings (SSSR count). The maximum atomic E-state index is 13.3. The number of aryl methyl sites for hydroxylation is 1. The third-order valence-corrected chi connectivity index (χ3v) is 4.19. The summed E-state index contributed by atoms with van der Waals surface area (Å²) < 4.78 is 26.4. The fourth-order valence-electron chi connectivity index (χ4n) is 2.36. The van der Waals surface area contributed by atoms with Crippen molar-refractivity contribution in [3.8, 4) is 0 Å². The minimum atomic E-state index is -1.21. The largest absolute Gasteiger partial charge is 0.347 e. The highest BCUT2D eigenvalue weighted by Gasteiger charge is 2.17. The summed E-state index contributed by atoms with van der Waals surface area (Å²) in [6.07, 6.45) is 1.66. The first-order valence-corrected chi connectivity index (χ1v) is 8.43. The molecule has 0 spiro atoms. The lowest BCUT2D eigenvalue weighted by atomic mass is 10.2. The van der Waals surface area contributed by atoms with Crippen LogP contribution >= 0.6 is 11.6 Å². The van der Waals surface area contributed by atoms with Crippen molar-refractivity contribution < 1.29 is 18.4 Å². The Morgan fingerprint density at radius 1 is 1.18 bits per heavy atom. The number of hydrogen-bond donors (Lipinski definition) is 3. The Morgan fingerprint density at radius 3 is 2.68 bits per heavy atom. The molecule has 0 fully saturated rings. The van der Waals surface area contributed by atoms with Crippen LogP contribution in [0.5, 0.6) is 0 Å². The fraction of sp³-hybridized carbons (Fsp3) is 0.111. The fourth-order valence-corrected chi connectivity index (χ4v) is 2.59. The summed E-state index contributed by atoms with van der Waals surface area (Å²) in [6.45, 7) is 2.10. The second kappa shape index (κ2) is 8.13. The van der Waals surface area contributed by atoms with Crippen molar-refractivity contribution in [2.45, 2.75) is 13.5 Å². The second-order valence-electron chi connectivity index (χ2n) is 5.80. The molecule has 0 saturated heterocycles. The molecule has 2 amide bonds. The smallest absolute Gasteiger partial charge is 0.269 e. The zero-order valence-corrected chi connectivity index (χ0v) is 15.3. The molecular formula is C18H14ClF2N5O2. The lowest BCUT2D eigenvalue weighted by Crippen LogP contribution is -2.23. The Bertz CT molecular complexity index is 1050. The highest BCUT2D eigenvalue weighted by atomic mass is 35.5. The minimum absolute atomic E-state index is 0.0218. The normalized spacial score (nSPS) is 10.6. The number of aromatic amines is 1. The molecule has 0 aliphatic rings. The van der Waals surface area contributed by atoms with Crippen LogP contribution in [0, 0.1) is 18.6 Å². The Kier molecular flexibility index (Phi) is 5.65. The van der Waals surface area contributed by atoms with Gasteiger partial charge in [0.25, 0.3) is 11.8 Å². The zero-order chi connectivity index (χ0) is 20.3. The van der Waals surface area contributed by atoms with Crippen LogP contribution in [-0.2, 0) is 6.54 Å². The second-order valence-corrected chi connectivity index (χ2v) is 6.20. The highest BCUT2D eigenvalue weighted by molar-refractivity contribution is 6.34. The lowest BCUT2D eigenvalue weighted by Gasteiger charge is -2.06. The van der Waals surface area contributed by atoms with E-state index in [1.165, 1.54) is 6.07 Å². The van der Waals surface area contributed by atoms with E-state index in [4.69, 9.17) is 11.6 Å². The van der Waals surface area contributed by atoms with Gasteiger partial charge in [-0.1, -0.05) is 17.7 Å². The van der Waals surface area contributed by atoms with E-state index in [1.54, 1.807) is 12.3 Å². The van der Waals surface area contributed by atoms with E-state index in [2.05, 4.69) is 25.8 Å². The SMILES string of the molecule is Cc1ncccc1CNC(=O)c1cc(NC(=O)c2cc(F)c(F)cc2Cl)n[nH]1. The molecule has 0 atom stereocenters. The number of nitrogens with zero attached hydrogens (tertiary/aromatic N) is 2. The van der Waals surface area contributed by atoms with Gasteiger partial charge in [0, 0.05) is 24.5 Å². The van der Waals surface area contributed by atoms with E-state index < -0.39 is 23.4 Å². The van der Waals surface area contributed by atoms with Gasteiger partial charge >= 0.3 is 0 Å². The van der Waals surface area contributed by atoms with Crippen molar-refractivity contribution in [2.24, 2.45) is 0 Å². The molecule has 0 unspecified atom stereocenters. The highest BCUT2D eigenvalue weighted by Crippen LogP contribution is 2.21. The average molecular weight is 406 g/mol. The molecule has 0 saturated carbocycles. The van der Waals surface area contributed by atoms with Crippen molar-refractivity contribution in [3.63, 3.8) is 0 Å². The number of amides is 2. The van der Waals surface area contributed by atoms with Crippen LogP contribution in [0.2, 0.25) is 5.02 Å². The molecule has 0 radical (unpaired) electrons. The van der Waals surface area contributed by atoms with Gasteiger partial charge < -0.3 is 10.6 Å². The first kappa shape index (κ1) is 19.4. The van der Waals surface area contributed by atoms with Crippen LogP contribution in [0.15, 0.2) is 36.5 Å². The molecule has 0 bridgehead atoms. The van der Waals surface area contributed by atoms with Gasteiger partial charge in [0.05, 0.1) is 10.6 Å². The van der Waals surface area contributed by atoms with Crippen molar-refractivity contribution in [1.82, 2.24) is 20.5 Å². The third kappa shape index (κ3) is 4.32. The van der Waals surface area contributed by atoms with Crippen LogP contribution in [0.3, 0.4) is 0 Å². The standard InChI is InChI=1S/C18H14ClF2N5O2/c1-9-10(3-2-4-22-9)8-23-18(28)15-7-16(26-25-15)24-17(27)11-5-13(20)14(21)6-12(11)19/h2-7H,8H2,1H3,(H,23,28)(H2,24,25,26,27). The third-order valence-electron chi connectivity index (χ3n) is 3.87. The first-order chi connectivity index (χ1) is 13.3. The summed E-state index contributed by atoms with van der Waals surface area (Å²) in [5.74, 6) is -3.59. The van der Waals surface area contributed by atoms with Gasteiger partial charge in [-0.05, 0) is 30.7 Å². The Hall–Kier alpha value is -3.33. The maximum absolute atomic E-state index is 13.3. The Labute approximate surface area is 163 Å². The number of rotatable bonds is 5. The number of pyridine rings is 1. The molecule has 2 heterocycles. The number of carbonyl (C=O) groups is 2. The quantitative estimate of drug-likeness (QED) is 0.567. The van der Waals surface area contributed by atoms with Crippen molar-refractivity contribution in [3.05, 3.63) is 75.7 Å². The van der Waals surface area contributed by atoms with Gasteiger partial charge in [-0.25, -0.2) is 8.78 Å². The van der Waals surface area contributed by atoms with E-state index in [9.17, 15) is 18.4 Å². The Balaban J connectivity index is 1.65. The number of nitrogens with one attached hydrogen (secondary N) is 3. The van der Waals surface area contributed by atoms with E-state index in [0.29, 0.717) is 12.1 Å². The number of H-pyrrole nitrogens is 1. The summed E-state index contributed by atoms with van der Waals surface area (Å²) >= 11 is 5.77. The summed E-state index contributed by atoms with van der Waals surface area (Å²) in [4.78, 5) is 28.5. The van der Waals surface area contributed by atoms with Crippen LogP contribution in [0.1, 0.15) is 32.1 Å². The van der Waals surface area contributed by atoms with E-state index in [-0.39, 0.29) is 28.6 Å². The summed E-state index contributed by atoms with van der Waals surface area (Å²) in [5.41, 5.74) is 1.50. The number of benzene rings is 1. The van der Waals surface area contributed by atoms with E-state index in [1.807, 2.05) is 13.0 Å². The number of halogens is 3. The molecule has 10 heteroatoms. The van der Waals surface area contributed by atoms with Crippen molar-refractivity contribution in [1.29, 1.82) is 0 Å². The summed E-state index contributed by atoms with van der Waals surface area (Å²) in [5, 5.41) is 11.1. The predicted molar refractivity (Wildman–Crippen MR) is 98.1 cm³/mol. The monoisotopic (exact) mass is 405 g/mol. The Morgan fingerprint density at radius 2 is 1.93 bits per heavy atom. The zero-order valence-electron chi connectivity index (χ0n) is 14.5. The molecule has 3 aromatic rings. The van der Waals surface area contributed by atoms with Crippen molar-refractivity contribution >= 4 is 29.2 Å². The number of hydrogen-bond acceptors (Lipinski definition) is 4. The van der Waals surface area contributed by atoms with Gasteiger partial charge in [0.15, 0.2) is 17.5 Å². The lowest BCUT2D eigenvalue weighted by molar-refractivity contribution is 0.0945. The van der Waals surface area contributed by atoms with Gasteiger partial charge in [-0.2, -0.15) is 5.10 Å². The van der Waals surface area contributed by atoms with Gasteiger partial charge in [0.2, 0.25) is 0 Å². The molecule has 2 aromatic heterocycles. The molecule has 0 aliphatic heterocycles. The number of aromatic nitrogens is 3. The predicted octanol–water partition coefficient (Wildman–Crippen LogP) is 3.23. The molecule has 3 N–H and O–H groups in total. The van der Waals surface area contributed by atoms with Crippen molar-refractivity contribution in [2.75, 3.05) is 5.32 Å². The van der Waals surface area contributed by atoms with E-state index in [0.717, 1.165) is 11.3 Å². The van der Waals surface area contributed by atoms with Crippen LogP contribution in [-0.4, -0.2) is 27.0 Å². The van der Waals surface area contributed by atoms with Gasteiger partial charge in [-0.3, -0.25) is 19.7 Å². The first-order valence-electron chi connectivity index (χ1n) is 8.05. The molecular weight excluding hydrogens is 392 g/mol. The minimum Gasteiger partial charge on any atom is -0.347 e. The van der Waals surface area contributed by atoms with Crippen LogP contribution in [0.4, 0.5) is 14.6 Å². The molecule has 0 aliphatic carbocycles. The van der Waals surface area contributed by atoms with Crippen LogP contribution in [0.25, 0.3) is 0 Å². The molecule has 1 aromatic carbocycles. The van der Waals surface area contributed by atoms with Crippen LogP contribution < -0.4 is 10.6 Å². The summed E-state index contributed by atoms with van der Waals surface area (Å²) in [6, 6.07) is 6.30. The summed E-state index contributed by atoms with van der Waals surface area (Å²) in [7, 11) is 0. The average Bonchev–Trinajstić information content (AvgIpc) is 3.12. The molecule has 144 valence electrons. The van der Waals surface area contributed by atoms with E-state index >= 15 is 0 Å².